The maximum Gasteiger partial charge on any atom is 0.239 e. The largest absolute Gasteiger partial charge is 0.352 e. The molecule has 0 aromatic heterocycles. The van der Waals surface area contributed by atoms with Crippen molar-refractivity contribution in [2.45, 2.75) is 13.0 Å². The van der Waals surface area contributed by atoms with Crippen LogP contribution >= 0.6 is 0 Å². The Labute approximate surface area is 114 Å². The van der Waals surface area contributed by atoms with Gasteiger partial charge in [-0.05, 0) is 14.0 Å². The lowest BCUT2D eigenvalue weighted by atomic mass is 10.2. The molecule has 6 nitrogen and oxygen atoms in total. The van der Waals surface area contributed by atoms with Gasteiger partial charge in [0.2, 0.25) is 11.8 Å². The Balaban J connectivity index is 2.30. The molecular weight excluding hydrogens is 244 g/mol. The Morgan fingerprint density at radius 2 is 1.95 bits per heavy atom. The van der Waals surface area contributed by atoms with Gasteiger partial charge in [-0.2, -0.15) is 0 Å². The predicted octanol–water partition coefficient (Wildman–Crippen LogP) is -0.959. The molecule has 1 aliphatic rings. The molecule has 1 unspecified atom stereocenters. The third-order valence-corrected chi connectivity index (χ3v) is 3.30. The topological polar surface area (TPSA) is 64.7 Å². The summed E-state index contributed by atoms with van der Waals surface area (Å²) in [7, 11) is 1.78. The van der Waals surface area contributed by atoms with Crippen LogP contribution < -0.4 is 10.6 Å². The first-order valence-corrected chi connectivity index (χ1v) is 6.64. The van der Waals surface area contributed by atoms with Crippen LogP contribution in [0.15, 0.2) is 12.7 Å². The van der Waals surface area contributed by atoms with Gasteiger partial charge in [0.25, 0.3) is 0 Å². The van der Waals surface area contributed by atoms with Gasteiger partial charge in [-0.1, -0.05) is 6.08 Å². The summed E-state index contributed by atoms with van der Waals surface area (Å²) in [6.07, 6.45) is 1.66. The van der Waals surface area contributed by atoms with Crippen LogP contribution in [0, 0.1) is 0 Å². The summed E-state index contributed by atoms with van der Waals surface area (Å²) >= 11 is 0. The zero-order chi connectivity index (χ0) is 14.3. The number of likely N-dealkylation sites (N-methyl/N-ethyl adjacent to an activating group) is 1. The van der Waals surface area contributed by atoms with Crippen molar-refractivity contribution in [3.63, 3.8) is 0 Å². The molecule has 19 heavy (non-hydrogen) atoms. The van der Waals surface area contributed by atoms with Gasteiger partial charge in [-0.15, -0.1) is 6.58 Å². The average Bonchev–Trinajstić information content (AvgIpc) is 2.44. The van der Waals surface area contributed by atoms with Gasteiger partial charge in [0.05, 0.1) is 12.6 Å². The monoisotopic (exact) mass is 268 g/mol. The van der Waals surface area contributed by atoms with Crippen LogP contribution in [-0.4, -0.2) is 74.0 Å². The van der Waals surface area contributed by atoms with Crippen molar-refractivity contribution in [3.05, 3.63) is 12.7 Å². The summed E-state index contributed by atoms with van der Waals surface area (Å²) < 4.78 is 0. The first-order valence-electron chi connectivity index (χ1n) is 6.64. The van der Waals surface area contributed by atoms with Crippen molar-refractivity contribution in [2.24, 2.45) is 0 Å². The summed E-state index contributed by atoms with van der Waals surface area (Å²) in [5, 5.41) is 5.70. The first-order chi connectivity index (χ1) is 9.08. The zero-order valence-electron chi connectivity index (χ0n) is 11.8. The van der Waals surface area contributed by atoms with Crippen molar-refractivity contribution in [1.29, 1.82) is 0 Å². The Bertz CT molecular complexity index is 325. The minimum atomic E-state index is -0.151. The summed E-state index contributed by atoms with van der Waals surface area (Å²) in [4.78, 5) is 27.4. The van der Waals surface area contributed by atoms with E-state index in [2.05, 4.69) is 22.1 Å². The zero-order valence-corrected chi connectivity index (χ0v) is 11.8. The Kier molecular flexibility index (Phi) is 6.52. The van der Waals surface area contributed by atoms with Crippen molar-refractivity contribution < 1.29 is 9.59 Å². The van der Waals surface area contributed by atoms with E-state index in [0.29, 0.717) is 26.2 Å². The van der Waals surface area contributed by atoms with Gasteiger partial charge in [0, 0.05) is 32.7 Å². The Morgan fingerprint density at radius 3 is 2.47 bits per heavy atom. The van der Waals surface area contributed by atoms with Crippen molar-refractivity contribution in [2.75, 3.05) is 46.3 Å². The van der Waals surface area contributed by atoms with Gasteiger partial charge >= 0.3 is 0 Å². The molecule has 1 heterocycles. The molecule has 0 aromatic carbocycles. The smallest absolute Gasteiger partial charge is 0.239 e. The normalized spacial score (nSPS) is 17.9. The van der Waals surface area contributed by atoms with Gasteiger partial charge in [0.15, 0.2) is 0 Å². The number of carbonyl (C=O) groups excluding carboxylic acids is 2. The number of hydrogen-bond acceptors (Lipinski definition) is 4. The van der Waals surface area contributed by atoms with Crippen molar-refractivity contribution >= 4 is 11.8 Å². The first kappa shape index (κ1) is 15.7. The molecule has 1 fully saturated rings. The molecule has 1 rings (SSSR count). The number of rotatable bonds is 6. The fourth-order valence-electron chi connectivity index (χ4n) is 1.97. The highest BCUT2D eigenvalue weighted by molar-refractivity contribution is 5.81. The standard InChI is InChI=1S/C13H24N4O2/c1-4-5-15-12(18)10-16-6-8-17(9-7-16)13(19)11(2)14-3/h4,11,14H,1,5-10H2,2-3H3,(H,15,18). The molecule has 0 spiro atoms. The summed E-state index contributed by atoms with van der Waals surface area (Å²) in [6.45, 7) is 9.14. The second kappa shape index (κ2) is 7.91. The van der Waals surface area contributed by atoms with Gasteiger partial charge < -0.3 is 15.5 Å². The van der Waals surface area contributed by atoms with E-state index in [1.807, 2.05) is 11.8 Å². The molecule has 2 N–H and O–H groups in total. The summed E-state index contributed by atoms with van der Waals surface area (Å²) in [6, 6.07) is -0.151. The molecule has 0 aliphatic carbocycles. The van der Waals surface area contributed by atoms with Crippen LogP contribution in [0.5, 0.6) is 0 Å². The molecule has 108 valence electrons. The molecule has 2 amide bonds. The predicted molar refractivity (Wildman–Crippen MR) is 74.7 cm³/mol. The van der Waals surface area contributed by atoms with E-state index >= 15 is 0 Å². The van der Waals surface area contributed by atoms with E-state index in [1.54, 1.807) is 13.1 Å². The van der Waals surface area contributed by atoms with E-state index in [9.17, 15) is 9.59 Å². The van der Waals surface area contributed by atoms with E-state index < -0.39 is 0 Å². The van der Waals surface area contributed by atoms with E-state index in [0.717, 1.165) is 13.1 Å². The molecular formula is C13H24N4O2. The lowest BCUT2D eigenvalue weighted by molar-refractivity contribution is -0.134. The van der Waals surface area contributed by atoms with Gasteiger partial charge in [-0.25, -0.2) is 0 Å². The van der Waals surface area contributed by atoms with Gasteiger partial charge in [0.1, 0.15) is 0 Å². The number of hydrogen-bond donors (Lipinski definition) is 2. The van der Waals surface area contributed by atoms with Crippen LogP contribution in [0.4, 0.5) is 0 Å². The quantitative estimate of drug-likeness (QED) is 0.609. The third-order valence-electron chi connectivity index (χ3n) is 3.30. The van der Waals surface area contributed by atoms with Gasteiger partial charge in [-0.3, -0.25) is 14.5 Å². The SMILES string of the molecule is C=CCNC(=O)CN1CCN(C(=O)C(C)NC)CC1. The second-order valence-corrected chi connectivity index (χ2v) is 4.70. The summed E-state index contributed by atoms with van der Waals surface area (Å²) in [5.41, 5.74) is 0. The molecule has 0 bridgehead atoms. The molecule has 0 radical (unpaired) electrons. The maximum atomic E-state index is 12.0. The van der Waals surface area contributed by atoms with Crippen LogP contribution in [0.2, 0.25) is 0 Å². The van der Waals surface area contributed by atoms with Crippen LogP contribution in [0.3, 0.4) is 0 Å². The number of carbonyl (C=O) groups is 2. The highest BCUT2D eigenvalue weighted by Gasteiger charge is 2.24. The van der Waals surface area contributed by atoms with E-state index in [1.165, 1.54) is 0 Å². The fourth-order valence-corrected chi connectivity index (χ4v) is 1.97. The molecule has 1 aliphatic heterocycles. The molecule has 1 saturated heterocycles. The van der Waals surface area contributed by atoms with Crippen LogP contribution in [-0.2, 0) is 9.59 Å². The van der Waals surface area contributed by atoms with Crippen molar-refractivity contribution in [1.82, 2.24) is 20.4 Å². The number of nitrogens with zero attached hydrogens (tertiary/aromatic N) is 2. The average molecular weight is 268 g/mol. The molecule has 6 heteroatoms. The summed E-state index contributed by atoms with van der Waals surface area (Å²) in [5.74, 6) is 0.126. The van der Waals surface area contributed by atoms with Crippen molar-refractivity contribution in [3.8, 4) is 0 Å². The minimum absolute atomic E-state index is 0.00303. The second-order valence-electron chi connectivity index (χ2n) is 4.70. The fraction of sp³-hybridized carbons (Fsp3) is 0.692. The highest BCUT2D eigenvalue weighted by atomic mass is 16.2. The third kappa shape index (κ3) is 5.00. The number of piperazine rings is 1. The molecule has 0 aromatic rings. The minimum Gasteiger partial charge on any atom is -0.352 e. The van der Waals surface area contributed by atoms with Crippen LogP contribution in [0.1, 0.15) is 6.92 Å². The van der Waals surface area contributed by atoms with E-state index in [4.69, 9.17) is 0 Å². The highest BCUT2D eigenvalue weighted by Crippen LogP contribution is 2.03. The van der Waals surface area contributed by atoms with Crippen LogP contribution in [0.25, 0.3) is 0 Å². The maximum absolute atomic E-state index is 12.0. The Hall–Kier alpha value is -1.40. The Morgan fingerprint density at radius 1 is 1.32 bits per heavy atom. The lowest BCUT2D eigenvalue weighted by Crippen LogP contribution is -2.54. The lowest BCUT2D eigenvalue weighted by Gasteiger charge is -2.35. The number of nitrogens with one attached hydrogen (secondary N) is 2. The number of amides is 2. The van der Waals surface area contributed by atoms with E-state index in [-0.39, 0.29) is 17.9 Å². The molecule has 1 atom stereocenters. The molecule has 0 saturated carbocycles.